The summed E-state index contributed by atoms with van der Waals surface area (Å²) in [7, 11) is 0. The number of allylic oxidation sites excluding steroid dienone is 1. The second-order valence-electron chi connectivity index (χ2n) is 2.92. The van der Waals surface area contributed by atoms with Crippen LogP contribution in [0.5, 0.6) is 0 Å². The standard InChI is InChI=1S/C9H16O3/c1-2-3-4-8(10)9-7-11-5-6-12-9/h2,8-10H,1,3-7H2. The fourth-order valence-corrected chi connectivity index (χ4v) is 1.20. The van der Waals surface area contributed by atoms with Gasteiger partial charge in [-0.05, 0) is 12.8 Å². The van der Waals surface area contributed by atoms with Crippen LogP contribution in [0.2, 0.25) is 0 Å². The molecular formula is C9H16O3. The lowest BCUT2D eigenvalue weighted by molar-refractivity contribution is -0.133. The van der Waals surface area contributed by atoms with Crippen molar-refractivity contribution in [2.75, 3.05) is 19.8 Å². The maximum atomic E-state index is 9.55. The summed E-state index contributed by atoms with van der Waals surface area (Å²) in [5, 5.41) is 9.55. The molecule has 3 heteroatoms. The number of ether oxygens (including phenoxy) is 2. The second kappa shape index (κ2) is 5.30. The lowest BCUT2D eigenvalue weighted by Crippen LogP contribution is -2.38. The molecule has 0 aromatic heterocycles. The van der Waals surface area contributed by atoms with Crippen molar-refractivity contribution < 1.29 is 14.6 Å². The highest BCUT2D eigenvalue weighted by Gasteiger charge is 2.21. The summed E-state index contributed by atoms with van der Waals surface area (Å²) in [6, 6.07) is 0. The Bertz CT molecular complexity index is 130. The van der Waals surface area contributed by atoms with Gasteiger partial charge in [0.1, 0.15) is 6.10 Å². The third-order valence-electron chi connectivity index (χ3n) is 1.94. The molecule has 0 amide bonds. The third-order valence-corrected chi connectivity index (χ3v) is 1.94. The van der Waals surface area contributed by atoms with Crippen LogP contribution >= 0.6 is 0 Å². The molecular weight excluding hydrogens is 156 g/mol. The molecule has 0 aromatic rings. The molecule has 1 fully saturated rings. The lowest BCUT2D eigenvalue weighted by atomic mass is 10.1. The van der Waals surface area contributed by atoms with Crippen molar-refractivity contribution in [3.63, 3.8) is 0 Å². The molecule has 1 saturated heterocycles. The van der Waals surface area contributed by atoms with E-state index in [-0.39, 0.29) is 6.10 Å². The molecule has 0 bridgehead atoms. The highest BCUT2D eigenvalue weighted by atomic mass is 16.6. The Labute approximate surface area is 73.0 Å². The van der Waals surface area contributed by atoms with E-state index in [1.165, 1.54) is 0 Å². The molecule has 0 saturated carbocycles. The minimum atomic E-state index is -0.414. The molecule has 1 N–H and O–H groups in total. The highest BCUT2D eigenvalue weighted by Crippen LogP contribution is 2.10. The molecule has 2 unspecified atom stereocenters. The van der Waals surface area contributed by atoms with Gasteiger partial charge in [0.25, 0.3) is 0 Å². The first kappa shape index (κ1) is 9.71. The molecule has 0 radical (unpaired) electrons. The zero-order valence-electron chi connectivity index (χ0n) is 7.24. The number of hydrogen-bond acceptors (Lipinski definition) is 3. The first-order valence-corrected chi connectivity index (χ1v) is 4.33. The maximum absolute atomic E-state index is 9.55. The van der Waals surface area contributed by atoms with Gasteiger partial charge in [0.2, 0.25) is 0 Å². The van der Waals surface area contributed by atoms with Crippen LogP contribution in [0, 0.1) is 0 Å². The molecule has 1 aliphatic heterocycles. The quantitative estimate of drug-likeness (QED) is 0.635. The van der Waals surface area contributed by atoms with Gasteiger partial charge in [-0.3, -0.25) is 0 Å². The predicted molar refractivity (Wildman–Crippen MR) is 46.0 cm³/mol. The summed E-state index contributed by atoms with van der Waals surface area (Å²) >= 11 is 0. The summed E-state index contributed by atoms with van der Waals surface area (Å²) in [5.41, 5.74) is 0. The maximum Gasteiger partial charge on any atom is 0.107 e. The van der Waals surface area contributed by atoms with Crippen molar-refractivity contribution in [2.24, 2.45) is 0 Å². The van der Waals surface area contributed by atoms with E-state index in [1.54, 1.807) is 6.08 Å². The Kier molecular flexibility index (Phi) is 4.29. The molecule has 1 rings (SSSR count). The van der Waals surface area contributed by atoms with Gasteiger partial charge in [-0.15, -0.1) is 6.58 Å². The smallest absolute Gasteiger partial charge is 0.107 e. The number of aliphatic hydroxyl groups is 1. The van der Waals surface area contributed by atoms with Gasteiger partial charge in [-0.1, -0.05) is 6.08 Å². The van der Waals surface area contributed by atoms with E-state index in [0.29, 0.717) is 26.2 Å². The average molecular weight is 172 g/mol. The van der Waals surface area contributed by atoms with Gasteiger partial charge in [-0.2, -0.15) is 0 Å². The SMILES string of the molecule is C=CCCC(O)C1COCCO1. The molecule has 0 aliphatic carbocycles. The van der Waals surface area contributed by atoms with Gasteiger partial charge in [-0.25, -0.2) is 0 Å². The van der Waals surface area contributed by atoms with Gasteiger partial charge >= 0.3 is 0 Å². The fraction of sp³-hybridized carbons (Fsp3) is 0.778. The largest absolute Gasteiger partial charge is 0.390 e. The zero-order chi connectivity index (χ0) is 8.81. The summed E-state index contributed by atoms with van der Waals surface area (Å²) < 4.78 is 10.5. The Morgan fingerprint density at radius 2 is 2.42 bits per heavy atom. The van der Waals surface area contributed by atoms with Crippen molar-refractivity contribution in [3.05, 3.63) is 12.7 Å². The Morgan fingerprint density at radius 1 is 1.58 bits per heavy atom. The van der Waals surface area contributed by atoms with Gasteiger partial charge in [0.05, 0.1) is 25.9 Å². The Balaban J connectivity index is 2.19. The van der Waals surface area contributed by atoms with E-state index in [0.717, 1.165) is 6.42 Å². The van der Waals surface area contributed by atoms with E-state index >= 15 is 0 Å². The van der Waals surface area contributed by atoms with Crippen LogP contribution < -0.4 is 0 Å². The van der Waals surface area contributed by atoms with Crippen molar-refractivity contribution in [1.29, 1.82) is 0 Å². The summed E-state index contributed by atoms with van der Waals surface area (Å²) in [6.07, 6.45) is 2.77. The van der Waals surface area contributed by atoms with Crippen LogP contribution in [-0.4, -0.2) is 37.1 Å². The highest BCUT2D eigenvalue weighted by molar-refractivity contribution is 4.75. The van der Waals surface area contributed by atoms with E-state index in [1.807, 2.05) is 0 Å². The molecule has 1 aliphatic rings. The molecule has 2 atom stereocenters. The topological polar surface area (TPSA) is 38.7 Å². The summed E-state index contributed by atoms with van der Waals surface area (Å²) in [4.78, 5) is 0. The van der Waals surface area contributed by atoms with Crippen LogP contribution in [0.4, 0.5) is 0 Å². The van der Waals surface area contributed by atoms with Crippen LogP contribution in [0.3, 0.4) is 0 Å². The number of hydrogen-bond donors (Lipinski definition) is 1. The Morgan fingerprint density at radius 3 is 3.00 bits per heavy atom. The molecule has 3 nitrogen and oxygen atoms in total. The predicted octanol–water partition coefficient (Wildman–Crippen LogP) is 0.729. The first-order chi connectivity index (χ1) is 5.84. The molecule has 0 spiro atoms. The number of rotatable bonds is 4. The summed E-state index contributed by atoms with van der Waals surface area (Å²) in [5.74, 6) is 0. The van der Waals surface area contributed by atoms with Crippen LogP contribution in [0.15, 0.2) is 12.7 Å². The van der Waals surface area contributed by atoms with Crippen molar-refractivity contribution in [1.82, 2.24) is 0 Å². The lowest BCUT2D eigenvalue weighted by Gasteiger charge is -2.26. The molecule has 1 heterocycles. The second-order valence-corrected chi connectivity index (χ2v) is 2.92. The minimum absolute atomic E-state index is 0.140. The van der Waals surface area contributed by atoms with E-state index in [2.05, 4.69) is 6.58 Å². The van der Waals surface area contributed by atoms with Crippen molar-refractivity contribution in [2.45, 2.75) is 25.0 Å². The average Bonchev–Trinajstić information content (AvgIpc) is 2.15. The molecule has 12 heavy (non-hydrogen) atoms. The van der Waals surface area contributed by atoms with Gasteiger partial charge in [0.15, 0.2) is 0 Å². The Hall–Kier alpha value is -0.380. The minimum Gasteiger partial charge on any atom is -0.390 e. The van der Waals surface area contributed by atoms with E-state index in [4.69, 9.17) is 9.47 Å². The normalized spacial score (nSPS) is 26.6. The number of aliphatic hydroxyl groups excluding tert-OH is 1. The third kappa shape index (κ3) is 2.93. The summed E-state index contributed by atoms with van der Waals surface area (Å²) in [6.45, 7) is 5.34. The van der Waals surface area contributed by atoms with Crippen molar-refractivity contribution in [3.8, 4) is 0 Å². The zero-order valence-corrected chi connectivity index (χ0v) is 7.24. The van der Waals surface area contributed by atoms with Crippen LogP contribution in [-0.2, 0) is 9.47 Å². The molecule has 0 aromatic carbocycles. The van der Waals surface area contributed by atoms with Crippen LogP contribution in [0.25, 0.3) is 0 Å². The molecule has 70 valence electrons. The monoisotopic (exact) mass is 172 g/mol. The van der Waals surface area contributed by atoms with Gasteiger partial charge in [0, 0.05) is 0 Å². The first-order valence-electron chi connectivity index (χ1n) is 4.33. The van der Waals surface area contributed by atoms with Crippen molar-refractivity contribution >= 4 is 0 Å². The van der Waals surface area contributed by atoms with E-state index < -0.39 is 6.10 Å². The van der Waals surface area contributed by atoms with Gasteiger partial charge < -0.3 is 14.6 Å². The van der Waals surface area contributed by atoms with E-state index in [9.17, 15) is 5.11 Å². The van der Waals surface area contributed by atoms with Crippen LogP contribution in [0.1, 0.15) is 12.8 Å². The fourth-order valence-electron chi connectivity index (χ4n) is 1.20.